The normalized spacial score (nSPS) is 13.2. The molecule has 2 nitrogen and oxygen atoms in total. The van der Waals surface area contributed by atoms with Crippen LogP contribution in [0.2, 0.25) is 0 Å². The molecule has 0 saturated heterocycles. The molecule has 1 aromatic rings. The van der Waals surface area contributed by atoms with E-state index in [9.17, 15) is 0 Å². The Morgan fingerprint density at radius 3 is 2.57 bits per heavy atom. The largest absolute Gasteiger partial charge is 0.329 e. The molecule has 1 atom stereocenters. The zero-order valence-electron chi connectivity index (χ0n) is 9.33. The third kappa shape index (κ3) is 3.13. The van der Waals surface area contributed by atoms with Gasteiger partial charge in [-0.15, -0.1) is 0 Å². The fourth-order valence-electron chi connectivity index (χ4n) is 1.59. The van der Waals surface area contributed by atoms with Gasteiger partial charge in [0.25, 0.3) is 0 Å². The Bertz CT molecular complexity index is 281. The summed E-state index contributed by atoms with van der Waals surface area (Å²) >= 11 is 0. The maximum atomic E-state index is 5.72. The predicted octanol–water partition coefficient (Wildman–Crippen LogP) is 1.43. The first-order valence-electron chi connectivity index (χ1n) is 5.05. The van der Waals surface area contributed by atoms with Crippen molar-refractivity contribution >= 4 is 0 Å². The topological polar surface area (TPSA) is 29.3 Å². The third-order valence-corrected chi connectivity index (χ3v) is 2.56. The Morgan fingerprint density at radius 2 is 2.07 bits per heavy atom. The molecule has 0 amide bonds. The van der Waals surface area contributed by atoms with Crippen LogP contribution in [0.3, 0.4) is 0 Å². The minimum atomic E-state index is 0.441. The number of hydrogen-bond acceptors (Lipinski definition) is 2. The van der Waals surface area contributed by atoms with E-state index in [0.29, 0.717) is 12.6 Å². The molecule has 2 heteroatoms. The van der Waals surface area contributed by atoms with E-state index in [-0.39, 0.29) is 0 Å². The van der Waals surface area contributed by atoms with Crippen molar-refractivity contribution in [1.29, 1.82) is 0 Å². The second-order valence-electron chi connectivity index (χ2n) is 4.05. The van der Waals surface area contributed by atoms with Crippen molar-refractivity contribution in [2.75, 3.05) is 20.6 Å². The van der Waals surface area contributed by atoms with Gasteiger partial charge in [0.15, 0.2) is 0 Å². The van der Waals surface area contributed by atoms with Crippen LogP contribution >= 0.6 is 0 Å². The Balaban J connectivity index is 2.67. The van der Waals surface area contributed by atoms with Gasteiger partial charge >= 0.3 is 0 Å². The molecule has 1 aromatic carbocycles. The molecule has 0 aliphatic rings. The van der Waals surface area contributed by atoms with Crippen molar-refractivity contribution in [3.63, 3.8) is 0 Å². The summed E-state index contributed by atoms with van der Waals surface area (Å²) < 4.78 is 0. The zero-order chi connectivity index (χ0) is 10.6. The zero-order valence-corrected chi connectivity index (χ0v) is 9.33. The molecule has 0 bridgehead atoms. The van der Waals surface area contributed by atoms with E-state index >= 15 is 0 Å². The predicted molar refractivity (Wildman–Crippen MR) is 61.4 cm³/mol. The summed E-state index contributed by atoms with van der Waals surface area (Å²) in [6.07, 6.45) is 1.03. The van der Waals surface area contributed by atoms with Crippen LogP contribution in [0.15, 0.2) is 24.3 Å². The molecule has 0 aliphatic carbocycles. The monoisotopic (exact) mass is 192 g/mol. The highest BCUT2D eigenvalue weighted by atomic mass is 15.1. The average Bonchev–Trinajstić information content (AvgIpc) is 2.14. The standard InChI is InChI=1S/C12H20N2/c1-10-5-4-6-11(7-10)8-12(9-13)14(2)3/h4-7,12H,8-9,13H2,1-3H3. The van der Waals surface area contributed by atoms with Gasteiger partial charge in [0.05, 0.1) is 0 Å². The van der Waals surface area contributed by atoms with Crippen LogP contribution in [0, 0.1) is 6.92 Å². The van der Waals surface area contributed by atoms with Crippen LogP contribution in [-0.2, 0) is 6.42 Å². The molecule has 2 N–H and O–H groups in total. The van der Waals surface area contributed by atoms with Gasteiger partial charge in [-0.25, -0.2) is 0 Å². The lowest BCUT2D eigenvalue weighted by atomic mass is 10.0. The maximum absolute atomic E-state index is 5.72. The summed E-state index contributed by atoms with van der Waals surface area (Å²) in [7, 11) is 4.15. The maximum Gasteiger partial charge on any atom is 0.0252 e. The quantitative estimate of drug-likeness (QED) is 0.782. The number of nitrogens with zero attached hydrogens (tertiary/aromatic N) is 1. The average molecular weight is 192 g/mol. The number of hydrogen-bond donors (Lipinski definition) is 1. The third-order valence-electron chi connectivity index (χ3n) is 2.56. The van der Waals surface area contributed by atoms with Crippen molar-refractivity contribution in [1.82, 2.24) is 4.90 Å². The number of nitrogens with two attached hydrogens (primary N) is 1. The molecule has 0 radical (unpaired) electrons. The van der Waals surface area contributed by atoms with Crippen LogP contribution in [0.5, 0.6) is 0 Å². The van der Waals surface area contributed by atoms with Crippen molar-refractivity contribution in [3.8, 4) is 0 Å². The number of likely N-dealkylation sites (N-methyl/N-ethyl adjacent to an activating group) is 1. The fourth-order valence-corrected chi connectivity index (χ4v) is 1.59. The van der Waals surface area contributed by atoms with Gasteiger partial charge < -0.3 is 10.6 Å². The second-order valence-corrected chi connectivity index (χ2v) is 4.05. The summed E-state index contributed by atoms with van der Waals surface area (Å²) in [5, 5.41) is 0. The van der Waals surface area contributed by atoms with Gasteiger partial charge in [-0.3, -0.25) is 0 Å². The highest BCUT2D eigenvalue weighted by molar-refractivity contribution is 5.23. The first-order chi connectivity index (χ1) is 6.63. The smallest absolute Gasteiger partial charge is 0.0252 e. The van der Waals surface area contributed by atoms with Crippen LogP contribution in [-0.4, -0.2) is 31.6 Å². The van der Waals surface area contributed by atoms with E-state index in [2.05, 4.69) is 50.2 Å². The number of benzene rings is 1. The molecular weight excluding hydrogens is 172 g/mol. The van der Waals surface area contributed by atoms with Crippen LogP contribution in [0.25, 0.3) is 0 Å². The summed E-state index contributed by atoms with van der Waals surface area (Å²) in [4.78, 5) is 2.18. The molecule has 0 fully saturated rings. The molecule has 0 aromatic heterocycles. The molecule has 14 heavy (non-hydrogen) atoms. The second kappa shape index (κ2) is 5.13. The lowest BCUT2D eigenvalue weighted by Crippen LogP contribution is -2.36. The lowest BCUT2D eigenvalue weighted by Gasteiger charge is -2.22. The Morgan fingerprint density at radius 1 is 1.36 bits per heavy atom. The van der Waals surface area contributed by atoms with Gasteiger partial charge in [-0.1, -0.05) is 29.8 Å². The first-order valence-corrected chi connectivity index (χ1v) is 5.05. The Kier molecular flexibility index (Phi) is 4.11. The molecule has 0 aliphatic heterocycles. The van der Waals surface area contributed by atoms with Crippen molar-refractivity contribution in [2.45, 2.75) is 19.4 Å². The summed E-state index contributed by atoms with van der Waals surface area (Å²) in [6.45, 7) is 2.83. The molecule has 0 spiro atoms. The SMILES string of the molecule is Cc1cccc(CC(CN)N(C)C)c1. The van der Waals surface area contributed by atoms with E-state index in [1.54, 1.807) is 0 Å². The number of rotatable bonds is 4. The minimum Gasteiger partial charge on any atom is -0.329 e. The lowest BCUT2D eigenvalue weighted by molar-refractivity contribution is 0.298. The first kappa shape index (κ1) is 11.2. The molecule has 0 saturated carbocycles. The van der Waals surface area contributed by atoms with Crippen LogP contribution in [0.4, 0.5) is 0 Å². The van der Waals surface area contributed by atoms with Gasteiger partial charge in [-0.2, -0.15) is 0 Å². The van der Waals surface area contributed by atoms with Gasteiger partial charge in [0, 0.05) is 12.6 Å². The molecule has 1 unspecified atom stereocenters. The summed E-state index contributed by atoms with van der Waals surface area (Å²) in [6, 6.07) is 9.06. The van der Waals surface area contributed by atoms with E-state index in [1.165, 1.54) is 11.1 Å². The van der Waals surface area contributed by atoms with E-state index in [1.807, 2.05) is 0 Å². The Hall–Kier alpha value is -0.860. The van der Waals surface area contributed by atoms with Crippen molar-refractivity contribution in [3.05, 3.63) is 35.4 Å². The Labute approximate surface area is 86.7 Å². The van der Waals surface area contributed by atoms with Crippen LogP contribution in [0.1, 0.15) is 11.1 Å². The van der Waals surface area contributed by atoms with Gasteiger partial charge in [0.1, 0.15) is 0 Å². The van der Waals surface area contributed by atoms with Gasteiger partial charge in [0.2, 0.25) is 0 Å². The van der Waals surface area contributed by atoms with Gasteiger partial charge in [-0.05, 0) is 33.0 Å². The molecule has 1 rings (SSSR count). The highest BCUT2D eigenvalue weighted by Crippen LogP contribution is 2.08. The van der Waals surface area contributed by atoms with Crippen molar-refractivity contribution in [2.24, 2.45) is 5.73 Å². The highest BCUT2D eigenvalue weighted by Gasteiger charge is 2.09. The van der Waals surface area contributed by atoms with Crippen molar-refractivity contribution < 1.29 is 0 Å². The van der Waals surface area contributed by atoms with E-state index in [4.69, 9.17) is 5.73 Å². The molecule has 78 valence electrons. The summed E-state index contributed by atoms with van der Waals surface area (Å²) in [5.41, 5.74) is 8.40. The van der Waals surface area contributed by atoms with E-state index in [0.717, 1.165) is 6.42 Å². The summed E-state index contributed by atoms with van der Waals surface area (Å²) in [5.74, 6) is 0. The van der Waals surface area contributed by atoms with Crippen LogP contribution < -0.4 is 5.73 Å². The molecular formula is C12H20N2. The fraction of sp³-hybridized carbons (Fsp3) is 0.500. The molecule has 0 heterocycles. The van der Waals surface area contributed by atoms with E-state index < -0.39 is 0 Å². The number of aryl methyl sites for hydroxylation is 1. The minimum absolute atomic E-state index is 0.441.